The molecule has 0 heterocycles. The highest BCUT2D eigenvalue weighted by molar-refractivity contribution is 6.41. The molecule has 0 aromatic heterocycles. The average molecular weight is 352 g/mol. The van der Waals surface area contributed by atoms with Crippen molar-refractivity contribution in [2.24, 2.45) is 5.10 Å². The third-order valence-electron chi connectivity index (χ3n) is 2.69. The van der Waals surface area contributed by atoms with Crippen LogP contribution in [-0.4, -0.2) is 23.1 Å². The molecule has 0 atom stereocenters. The van der Waals surface area contributed by atoms with Gasteiger partial charge in [0.15, 0.2) is 0 Å². The number of rotatable bonds is 3. The number of benzene rings is 2. The van der Waals surface area contributed by atoms with Crippen molar-refractivity contribution in [3.8, 4) is 5.75 Å². The Bertz CT molecular complexity index is 778. The molecule has 23 heavy (non-hydrogen) atoms. The molecule has 0 radical (unpaired) electrons. The minimum atomic E-state index is -0.984. The normalized spacial score (nSPS) is 10.5. The summed E-state index contributed by atoms with van der Waals surface area (Å²) in [4.78, 5) is 23.3. The van der Waals surface area contributed by atoms with Crippen molar-refractivity contribution in [1.82, 2.24) is 5.43 Å². The van der Waals surface area contributed by atoms with Gasteiger partial charge in [-0.3, -0.25) is 9.59 Å². The minimum Gasteiger partial charge on any atom is -0.507 e. The molecule has 0 unspecified atom stereocenters. The predicted molar refractivity (Wildman–Crippen MR) is 88.9 cm³/mol. The average Bonchev–Trinajstić information content (AvgIpc) is 2.52. The van der Waals surface area contributed by atoms with Gasteiger partial charge < -0.3 is 10.4 Å². The zero-order valence-electron chi connectivity index (χ0n) is 11.6. The molecule has 3 N–H and O–H groups in total. The lowest BCUT2D eigenvalue weighted by molar-refractivity contribution is -0.136. The third-order valence-corrected chi connectivity index (χ3v) is 3.25. The zero-order chi connectivity index (χ0) is 16.8. The standard InChI is InChI=1S/C15H11Cl2N3O3/c16-10-5-6-13(21)9(7-10)8-18-20-15(23)14(22)19-12-4-2-1-3-11(12)17/h1-8,21H,(H,19,22)(H,20,23)/b18-8-. The van der Waals surface area contributed by atoms with E-state index in [4.69, 9.17) is 23.2 Å². The fourth-order valence-corrected chi connectivity index (χ4v) is 1.95. The lowest BCUT2D eigenvalue weighted by Crippen LogP contribution is -2.32. The van der Waals surface area contributed by atoms with Gasteiger partial charge in [0.05, 0.1) is 16.9 Å². The van der Waals surface area contributed by atoms with Gasteiger partial charge in [-0.05, 0) is 30.3 Å². The molecule has 0 saturated heterocycles. The van der Waals surface area contributed by atoms with E-state index in [1.165, 1.54) is 24.4 Å². The van der Waals surface area contributed by atoms with E-state index in [1.54, 1.807) is 24.3 Å². The Morgan fingerprint density at radius 2 is 1.83 bits per heavy atom. The summed E-state index contributed by atoms with van der Waals surface area (Å²) in [5.74, 6) is -1.97. The monoisotopic (exact) mass is 351 g/mol. The van der Waals surface area contributed by atoms with E-state index < -0.39 is 11.8 Å². The second-order valence-corrected chi connectivity index (χ2v) is 5.18. The van der Waals surface area contributed by atoms with Gasteiger partial charge in [0, 0.05) is 10.6 Å². The number of phenols is 1. The van der Waals surface area contributed by atoms with Crippen LogP contribution in [0.5, 0.6) is 5.75 Å². The molecular weight excluding hydrogens is 341 g/mol. The first-order valence-electron chi connectivity index (χ1n) is 6.35. The number of halogens is 2. The molecule has 2 amide bonds. The first kappa shape index (κ1) is 16.8. The van der Waals surface area contributed by atoms with E-state index in [9.17, 15) is 14.7 Å². The molecule has 0 aliphatic heterocycles. The van der Waals surface area contributed by atoms with Crippen molar-refractivity contribution in [2.45, 2.75) is 0 Å². The highest BCUT2D eigenvalue weighted by Crippen LogP contribution is 2.20. The van der Waals surface area contributed by atoms with E-state index in [0.29, 0.717) is 21.3 Å². The summed E-state index contributed by atoms with van der Waals surface area (Å²) in [6, 6.07) is 10.8. The summed E-state index contributed by atoms with van der Waals surface area (Å²) in [6.07, 6.45) is 1.17. The summed E-state index contributed by atoms with van der Waals surface area (Å²) in [7, 11) is 0. The van der Waals surface area contributed by atoms with Crippen molar-refractivity contribution in [1.29, 1.82) is 0 Å². The fourth-order valence-electron chi connectivity index (χ4n) is 1.58. The fraction of sp³-hybridized carbons (Fsp3) is 0. The SMILES string of the molecule is O=C(N/N=C\c1cc(Cl)ccc1O)C(=O)Nc1ccccc1Cl. The number of carbonyl (C=O) groups excluding carboxylic acids is 2. The van der Waals surface area contributed by atoms with Gasteiger partial charge in [-0.1, -0.05) is 35.3 Å². The highest BCUT2D eigenvalue weighted by atomic mass is 35.5. The smallest absolute Gasteiger partial charge is 0.329 e. The van der Waals surface area contributed by atoms with Gasteiger partial charge >= 0.3 is 11.8 Å². The van der Waals surface area contributed by atoms with E-state index in [0.717, 1.165) is 0 Å². The third kappa shape index (κ3) is 4.70. The lowest BCUT2D eigenvalue weighted by atomic mass is 10.2. The Morgan fingerprint density at radius 1 is 1.09 bits per heavy atom. The topological polar surface area (TPSA) is 90.8 Å². The Labute approximate surface area is 141 Å². The summed E-state index contributed by atoms with van der Waals surface area (Å²) in [5, 5.41) is 16.2. The Balaban J connectivity index is 1.96. The Hall–Kier alpha value is -2.57. The summed E-state index contributed by atoms with van der Waals surface area (Å²) < 4.78 is 0. The quantitative estimate of drug-likeness (QED) is 0.451. The zero-order valence-corrected chi connectivity index (χ0v) is 13.1. The molecule has 2 rings (SSSR count). The van der Waals surface area contributed by atoms with Crippen molar-refractivity contribution in [3.05, 3.63) is 58.1 Å². The summed E-state index contributed by atoms with van der Waals surface area (Å²) in [6.45, 7) is 0. The number of phenolic OH excluding ortho intramolecular Hbond substituents is 1. The Morgan fingerprint density at radius 3 is 2.57 bits per heavy atom. The van der Waals surface area contributed by atoms with Crippen LogP contribution in [0.2, 0.25) is 10.0 Å². The maximum absolute atomic E-state index is 11.7. The van der Waals surface area contributed by atoms with E-state index >= 15 is 0 Å². The molecule has 0 aliphatic carbocycles. The van der Waals surface area contributed by atoms with Crippen LogP contribution >= 0.6 is 23.2 Å². The molecule has 6 nitrogen and oxygen atoms in total. The number of hydrogen-bond donors (Lipinski definition) is 3. The van der Waals surface area contributed by atoms with Crippen LogP contribution in [-0.2, 0) is 9.59 Å². The number of aromatic hydroxyl groups is 1. The first-order chi connectivity index (χ1) is 11.0. The molecule has 2 aromatic carbocycles. The van der Waals surface area contributed by atoms with E-state index in [1.807, 2.05) is 5.43 Å². The van der Waals surface area contributed by atoms with Gasteiger partial charge in [-0.25, -0.2) is 5.43 Å². The van der Waals surface area contributed by atoms with Crippen molar-refractivity contribution < 1.29 is 14.7 Å². The summed E-state index contributed by atoms with van der Waals surface area (Å²) >= 11 is 11.7. The minimum absolute atomic E-state index is 0.0621. The maximum atomic E-state index is 11.7. The summed E-state index contributed by atoms with van der Waals surface area (Å²) in [5.41, 5.74) is 2.65. The second-order valence-electron chi connectivity index (χ2n) is 4.34. The number of amides is 2. The molecule has 0 aliphatic rings. The van der Waals surface area contributed by atoms with E-state index in [2.05, 4.69) is 10.4 Å². The number of nitrogens with one attached hydrogen (secondary N) is 2. The van der Waals surface area contributed by atoms with Gasteiger partial charge in [0.1, 0.15) is 5.75 Å². The predicted octanol–water partition coefficient (Wildman–Crippen LogP) is 2.79. The van der Waals surface area contributed by atoms with Crippen molar-refractivity contribution in [3.63, 3.8) is 0 Å². The Kier molecular flexibility index (Phi) is 5.56. The molecule has 8 heteroatoms. The van der Waals surface area contributed by atoms with Gasteiger partial charge in [-0.2, -0.15) is 5.10 Å². The van der Waals surface area contributed by atoms with Crippen molar-refractivity contribution in [2.75, 3.05) is 5.32 Å². The van der Waals surface area contributed by atoms with E-state index in [-0.39, 0.29) is 5.75 Å². The van der Waals surface area contributed by atoms with Gasteiger partial charge in [0.2, 0.25) is 0 Å². The number of carbonyl (C=O) groups is 2. The van der Waals surface area contributed by atoms with Crippen LogP contribution in [0.1, 0.15) is 5.56 Å². The van der Waals surface area contributed by atoms with Gasteiger partial charge in [0.25, 0.3) is 0 Å². The first-order valence-corrected chi connectivity index (χ1v) is 7.10. The number of anilines is 1. The lowest BCUT2D eigenvalue weighted by Gasteiger charge is -2.05. The number of para-hydroxylation sites is 1. The van der Waals surface area contributed by atoms with Crippen LogP contribution in [0.4, 0.5) is 5.69 Å². The molecule has 0 fully saturated rings. The van der Waals surface area contributed by atoms with Gasteiger partial charge in [-0.15, -0.1) is 0 Å². The highest BCUT2D eigenvalue weighted by Gasteiger charge is 2.14. The van der Waals surface area contributed by atoms with Crippen LogP contribution in [0, 0.1) is 0 Å². The second kappa shape index (κ2) is 7.62. The number of hydrogen-bond acceptors (Lipinski definition) is 4. The maximum Gasteiger partial charge on any atom is 0.329 e. The molecule has 2 aromatic rings. The molecule has 118 valence electrons. The van der Waals surface area contributed by atoms with Crippen LogP contribution in [0.15, 0.2) is 47.6 Å². The molecular formula is C15H11Cl2N3O3. The number of nitrogens with zero attached hydrogens (tertiary/aromatic N) is 1. The van der Waals surface area contributed by atoms with Crippen LogP contribution in [0.3, 0.4) is 0 Å². The molecule has 0 bridgehead atoms. The molecule has 0 spiro atoms. The van der Waals surface area contributed by atoms with Crippen molar-refractivity contribution >= 4 is 46.9 Å². The number of hydrazone groups is 1. The van der Waals surface area contributed by atoms with Crippen LogP contribution in [0.25, 0.3) is 0 Å². The molecule has 0 saturated carbocycles. The largest absolute Gasteiger partial charge is 0.507 e. The van der Waals surface area contributed by atoms with Crippen LogP contribution < -0.4 is 10.7 Å².